The first kappa shape index (κ1) is 44.8. The van der Waals surface area contributed by atoms with Crippen molar-refractivity contribution in [3.8, 4) is 0 Å². The molecule has 0 aliphatic heterocycles. The number of anilines is 4. The Morgan fingerprint density at radius 3 is 1.12 bits per heavy atom. The Morgan fingerprint density at radius 1 is 0.483 bits per heavy atom. The molecule has 0 radical (unpaired) electrons. The molecule has 5 aromatic rings. The first-order valence-corrected chi connectivity index (χ1v) is 19.6. The van der Waals surface area contributed by atoms with Gasteiger partial charge in [-0.15, -0.1) is 23.2 Å². The van der Waals surface area contributed by atoms with Crippen LogP contribution in [0.2, 0.25) is 10.0 Å². The molecule has 0 saturated heterocycles. The fraction of sp³-hybridized carbons (Fsp3) is 0.143. The van der Waals surface area contributed by atoms with Gasteiger partial charge < -0.3 is 21.3 Å². The molecular formula is C42H34Cl4N8O6. The van der Waals surface area contributed by atoms with Gasteiger partial charge in [-0.25, -0.2) is 0 Å². The van der Waals surface area contributed by atoms with Crippen molar-refractivity contribution >= 4 is 116 Å². The van der Waals surface area contributed by atoms with Gasteiger partial charge in [0.15, 0.2) is 11.6 Å². The summed E-state index contributed by atoms with van der Waals surface area (Å²) in [5.41, 5.74) is 3.80. The summed E-state index contributed by atoms with van der Waals surface area (Å²) in [5, 5.41) is 26.8. The lowest BCUT2D eigenvalue weighted by Crippen LogP contribution is -2.32. The number of alkyl halides is 2. The fourth-order valence-electron chi connectivity index (χ4n) is 5.19. The third-order valence-electron chi connectivity index (χ3n) is 8.39. The minimum atomic E-state index is -1.54. The number of halogens is 4. The van der Waals surface area contributed by atoms with Crippen molar-refractivity contribution in [1.82, 2.24) is 0 Å². The largest absolute Gasteiger partial charge is 0.324 e. The SMILES string of the molecule is CC(=O)C(N=Nc1ccc(Cl)c(C(=O)Nc2ccc(CCl)cc2)c1)C(=O)Nc1ccc(NC(=O)C(N=Nc2ccc(Cl)c(C(=O)Nc3ccc(CCl)cc3)c2)C(C)=O)cc1. The molecule has 4 N–H and O–H groups in total. The number of hydrogen-bond acceptors (Lipinski definition) is 10. The van der Waals surface area contributed by atoms with Crippen molar-refractivity contribution in [3.63, 3.8) is 0 Å². The number of amides is 4. The van der Waals surface area contributed by atoms with E-state index in [-0.39, 0.29) is 43.9 Å². The van der Waals surface area contributed by atoms with Crippen LogP contribution < -0.4 is 21.3 Å². The molecule has 2 unspecified atom stereocenters. The minimum Gasteiger partial charge on any atom is -0.324 e. The number of nitrogens with zero attached hydrogens (tertiary/aromatic N) is 4. The summed E-state index contributed by atoms with van der Waals surface area (Å²) >= 11 is 24.2. The van der Waals surface area contributed by atoms with Crippen LogP contribution in [0.4, 0.5) is 34.1 Å². The van der Waals surface area contributed by atoms with E-state index in [1.165, 1.54) is 74.5 Å². The predicted octanol–water partition coefficient (Wildman–Crippen LogP) is 10.3. The maximum atomic E-state index is 13.1. The van der Waals surface area contributed by atoms with Crippen LogP contribution in [0, 0.1) is 0 Å². The fourth-order valence-corrected chi connectivity index (χ4v) is 5.96. The zero-order valence-corrected chi connectivity index (χ0v) is 34.7. The van der Waals surface area contributed by atoms with Gasteiger partial charge in [0.1, 0.15) is 0 Å². The summed E-state index contributed by atoms with van der Waals surface area (Å²) in [5.74, 6) is -3.19. The Kier molecular flexibility index (Phi) is 15.7. The summed E-state index contributed by atoms with van der Waals surface area (Å²) in [6.07, 6.45) is 0. The molecule has 0 spiro atoms. The van der Waals surface area contributed by atoms with Crippen LogP contribution >= 0.6 is 46.4 Å². The molecule has 60 heavy (non-hydrogen) atoms. The second-order valence-corrected chi connectivity index (χ2v) is 14.3. The Labute approximate surface area is 363 Å². The van der Waals surface area contributed by atoms with Crippen molar-refractivity contribution in [2.75, 3.05) is 21.3 Å². The first-order chi connectivity index (χ1) is 28.7. The van der Waals surface area contributed by atoms with Gasteiger partial charge in [0, 0.05) is 34.5 Å². The first-order valence-electron chi connectivity index (χ1n) is 17.8. The Balaban J connectivity index is 1.19. The number of ketones is 2. The van der Waals surface area contributed by atoms with E-state index in [2.05, 4.69) is 41.7 Å². The van der Waals surface area contributed by atoms with Crippen LogP contribution in [0.25, 0.3) is 0 Å². The molecule has 0 aliphatic carbocycles. The van der Waals surface area contributed by atoms with E-state index in [0.717, 1.165) is 11.1 Å². The molecule has 0 heterocycles. The molecule has 0 aromatic heterocycles. The van der Waals surface area contributed by atoms with Gasteiger partial charge in [0.25, 0.3) is 23.6 Å². The van der Waals surface area contributed by atoms with Crippen molar-refractivity contribution in [2.24, 2.45) is 20.5 Å². The summed E-state index contributed by atoms with van der Waals surface area (Å²) < 4.78 is 0. The monoisotopic (exact) mass is 886 g/mol. The van der Waals surface area contributed by atoms with Gasteiger partial charge in [0.05, 0.1) is 32.5 Å². The summed E-state index contributed by atoms with van der Waals surface area (Å²) in [6, 6.07) is 25.1. The maximum absolute atomic E-state index is 13.1. The van der Waals surface area contributed by atoms with Gasteiger partial charge in [-0.3, -0.25) is 28.8 Å². The molecule has 18 heteroatoms. The van der Waals surface area contributed by atoms with E-state index >= 15 is 0 Å². The van der Waals surface area contributed by atoms with Crippen molar-refractivity contribution in [1.29, 1.82) is 0 Å². The number of nitrogens with one attached hydrogen (secondary N) is 4. The molecular weight excluding hydrogens is 854 g/mol. The normalized spacial score (nSPS) is 12.1. The molecule has 5 aromatic carbocycles. The predicted molar refractivity (Wildman–Crippen MR) is 232 cm³/mol. The van der Waals surface area contributed by atoms with Crippen molar-refractivity contribution < 1.29 is 28.8 Å². The number of benzene rings is 5. The summed E-state index contributed by atoms with van der Waals surface area (Å²) in [4.78, 5) is 77.0. The Morgan fingerprint density at radius 2 is 0.800 bits per heavy atom. The zero-order chi connectivity index (χ0) is 43.3. The van der Waals surface area contributed by atoms with E-state index in [0.29, 0.717) is 23.1 Å². The zero-order valence-electron chi connectivity index (χ0n) is 31.7. The highest BCUT2D eigenvalue weighted by atomic mass is 35.5. The third kappa shape index (κ3) is 12.3. The van der Waals surface area contributed by atoms with Gasteiger partial charge in [-0.1, -0.05) is 47.5 Å². The standard InChI is InChI=1S/C42H34Cl4N8O6/c1-23(55)37(53-51-31-15-17-35(45)33(19-31)39(57)47-27-7-3-25(21-43)4-8-27)41(59)49-29-11-13-30(14-12-29)50-42(60)38(24(2)56)54-52-32-16-18-36(46)34(20-32)40(58)48-28-9-5-26(22-44)6-10-28/h3-20,37-38H,21-22H2,1-2H3,(H,47,57)(H,48,58)(H,49,59)(H,50,60). The molecule has 0 aliphatic rings. The molecule has 4 amide bonds. The van der Waals surface area contributed by atoms with Crippen molar-refractivity contribution in [3.05, 3.63) is 141 Å². The minimum absolute atomic E-state index is 0.0893. The van der Waals surface area contributed by atoms with E-state index < -0.39 is 47.3 Å². The highest BCUT2D eigenvalue weighted by Gasteiger charge is 2.25. The van der Waals surface area contributed by atoms with E-state index in [4.69, 9.17) is 46.4 Å². The molecule has 0 saturated carbocycles. The number of Topliss-reactive ketones (excluding diaryl/α,β-unsaturated/α-hetero) is 2. The van der Waals surface area contributed by atoms with Crippen LogP contribution in [0.1, 0.15) is 45.7 Å². The number of carbonyl (C=O) groups is 6. The lowest BCUT2D eigenvalue weighted by molar-refractivity contribution is -0.127. The molecule has 0 fully saturated rings. The van der Waals surface area contributed by atoms with E-state index in [1.807, 2.05) is 0 Å². The van der Waals surface area contributed by atoms with Crippen LogP contribution in [0.3, 0.4) is 0 Å². The second-order valence-electron chi connectivity index (χ2n) is 12.9. The van der Waals surface area contributed by atoms with Gasteiger partial charge >= 0.3 is 0 Å². The van der Waals surface area contributed by atoms with Gasteiger partial charge in [-0.2, -0.15) is 20.5 Å². The lowest BCUT2D eigenvalue weighted by atomic mass is 10.1. The molecule has 0 bridgehead atoms. The molecule has 2 atom stereocenters. The highest BCUT2D eigenvalue weighted by Crippen LogP contribution is 2.27. The molecule has 306 valence electrons. The third-order valence-corrected chi connectivity index (χ3v) is 9.66. The van der Waals surface area contributed by atoms with Crippen LogP contribution in [0.5, 0.6) is 0 Å². The van der Waals surface area contributed by atoms with Crippen LogP contribution in [0.15, 0.2) is 130 Å². The maximum Gasteiger partial charge on any atom is 0.258 e. The van der Waals surface area contributed by atoms with Crippen molar-refractivity contribution in [2.45, 2.75) is 37.7 Å². The van der Waals surface area contributed by atoms with Crippen LogP contribution in [-0.4, -0.2) is 47.3 Å². The van der Waals surface area contributed by atoms with Crippen LogP contribution in [-0.2, 0) is 30.9 Å². The van der Waals surface area contributed by atoms with E-state index in [1.54, 1.807) is 48.5 Å². The van der Waals surface area contributed by atoms with Gasteiger partial charge in [0.2, 0.25) is 12.1 Å². The molecule has 14 nitrogen and oxygen atoms in total. The smallest absolute Gasteiger partial charge is 0.258 e. The number of hydrogen-bond donors (Lipinski definition) is 4. The Hall–Kier alpha value is -6.32. The average molecular weight is 889 g/mol. The average Bonchev–Trinajstić information content (AvgIpc) is 3.23. The quantitative estimate of drug-likeness (QED) is 0.0431. The number of rotatable bonds is 16. The lowest BCUT2D eigenvalue weighted by Gasteiger charge is -2.12. The number of carbonyl (C=O) groups excluding carboxylic acids is 6. The van der Waals surface area contributed by atoms with Gasteiger partial charge in [-0.05, 0) is 110 Å². The topological polar surface area (TPSA) is 200 Å². The summed E-state index contributed by atoms with van der Waals surface area (Å²) in [6.45, 7) is 2.35. The molecule has 5 rings (SSSR count). The highest BCUT2D eigenvalue weighted by molar-refractivity contribution is 6.35. The Bertz CT molecular complexity index is 2310. The second kappa shape index (κ2) is 21.1. The van der Waals surface area contributed by atoms with E-state index in [9.17, 15) is 28.8 Å². The summed E-state index contributed by atoms with van der Waals surface area (Å²) in [7, 11) is 0. The number of azo groups is 2.